The topological polar surface area (TPSA) is 20.3 Å². The Kier molecular flexibility index (Phi) is 4.25. The molecule has 1 rings (SSSR count). The Labute approximate surface area is 98.3 Å². The van der Waals surface area contributed by atoms with Crippen molar-refractivity contribution < 1.29 is 4.79 Å². The van der Waals surface area contributed by atoms with E-state index >= 15 is 0 Å². The van der Waals surface area contributed by atoms with E-state index in [9.17, 15) is 4.79 Å². The number of likely N-dealkylation sites (N-methyl/N-ethyl adjacent to an activating group) is 1. The average Bonchev–Trinajstić information content (AvgIpc) is 2.09. The van der Waals surface area contributed by atoms with Crippen LogP contribution in [0.15, 0.2) is 12.1 Å². The summed E-state index contributed by atoms with van der Waals surface area (Å²) in [6.07, 6.45) is 0. The number of hydrogen-bond acceptors (Lipinski definition) is 2. The normalized spacial score (nSPS) is 10.9. The van der Waals surface area contributed by atoms with Gasteiger partial charge in [0.25, 0.3) is 0 Å². The standard InChI is InChI=1S/C14H21NO/c1-10-6-11(2)14(12(3)7-10)9-15(5)8-13(4)16/h6-7H,8-9H2,1-5H3. The number of hydrogen-bond donors (Lipinski definition) is 0. The molecule has 2 heteroatoms. The molecule has 88 valence electrons. The summed E-state index contributed by atoms with van der Waals surface area (Å²) < 4.78 is 0. The summed E-state index contributed by atoms with van der Waals surface area (Å²) in [5.41, 5.74) is 5.27. The van der Waals surface area contributed by atoms with Gasteiger partial charge in [-0.3, -0.25) is 9.69 Å². The van der Waals surface area contributed by atoms with Gasteiger partial charge < -0.3 is 0 Å². The highest BCUT2D eigenvalue weighted by Crippen LogP contribution is 2.17. The summed E-state index contributed by atoms with van der Waals surface area (Å²) in [7, 11) is 1.99. The van der Waals surface area contributed by atoms with Crippen LogP contribution in [0.25, 0.3) is 0 Å². The van der Waals surface area contributed by atoms with Crippen molar-refractivity contribution in [3.8, 4) is 0 Å². The molecule has 0 amide bonds. The Hall–Kier alpha value is -1.15. The smallest absolute Gasteiger partial charge is 0.143 e. The molecule has 0 atom stereocenters. The van der Waals surface area contributed by atoms with Gasteiger partial charge in [0.2, 0.25) is 0 Å². The van der Waals surface area contributed by atoms with E-state index in [1.807, 2.05) is 7.05 Å². The quantitative estimate of drug-likeness (QED) is 0.776. The molecule has 1 aromatic carbocycles. The first-order valence-electron chi connectivity index (χ1n) is 5.65. The maximum Gasteiger partial charge on any atom is 0.143 e. The third-order valence-electron chi connectivity index (χ3n) is 2.76. The lowest BCUT2D eigenvalue weighted by Crippen LogP contribution is -2.24. The maximum absolute atomic E-state index is 11.0. The first-order chi connectivity index (χ1) is 7.40. The SMILES string of the molecule is CC(=O)CN(C)Cc1c(C)cc(C)cc1C. The lowest BCUT2D eigenvalue weighted by atomic mass is 9.99. The second-order valence-corrected chi connectivity index (χ2v) is 4.75. The summed E-state index contributed by atoms with van der Waals surface area (Å²) in [5.74, 6) is 0.213. The fourth-order valence-electron chi connectivity index (χ4n) is 2.17. The lowest BCUT2D eigenvalue weighted by molar-refractivity contribution is -0.117. The van der Waals surface area contributed by atoms with Gasteiger partial charge in [0.1, 0.15) is 5.78 Å². The van der Waals surface area contributed by atoms with Crippen molar-refractivity contribution in [3.63, 3.8) is 0 Å². The number of ketones is 1. The van der Waals surface area contributed by atoms with Gasteiger partial charge in [-0.1, -0.05) is 17.7 Å². The van der Waals surface area contributed by atoms with Crippen LogP contribution >= 0.6 is 0 Å². The zero-order valence-electron chi connectivity index (χ0n) is 10.9. The van der Waals surface area contributed by atoms with Crippen LogP contribution in [0.3, 0.4) is 0 Å². The van der Waals surface area contributed by atoms with Crippen LogP contribution in [0.4, 0.5) is 0 Å². The summed E-state index contributed by atoms with van der Waals surface area (Å²) >= 11 is 0. The van der Waals surface area contributed by atoms with Crippen LogP contribution in [0.5, 0.6) is 0 Å². The van der Waals surface area contributed by atoms with E-state index in [0.29, 0.717) is 6.54 Å². The molecule has 0 heterocycles. The molecule has 0 aliphatic heterocycles. The zero-order valence-corrected chi connectivity index (χ0v) is 10.9. The Morgan fingerprint density at radius 2 is 1.69 bits per heavy atom. The van der Waals surface area contributed by atoms with Crippen molar-refractivity contribution in [2.45, 2.75) is 34.2 Å². The molecule has 0 aliphatic rings. The van der Waals surface area contributed by atoms with Crippen LogP contribution in [0, 0.1) is 20.8 Å². The van der Waals surface area contributed by atoms with Crippen LogP contribution in [0.1, 0.15) is 29.2 Å². The highest BCUT2D eigenvalue weighted by Gasteiger charge is 2.08. The first kappa shape index (κ1) is 12.9. The molecule has 1 aromatic rings. The number of carbonyl (C=O) groups excluding carboxylic acids is 1. The second-order valence-electron chi connectivity index (χ2n) is 4.75. The van der Waals surface area contributed by atoms with E-state index in [4.69, 9.17) is 0 Å². The predicted octanol–water partition coefficient (Wildman–Crippen LogP) is 2.63. The number of carbonyl (C=O) groups is 1. The van der Waals surface area contributed by atoms with Gasteiger partial charge in [0.05, 0.1) is 6.54 Å². The van der Waals surface area contributed by atoms with Crippen molar-refractivity contribution in [2.24, 2.45) is 0 Å². The number of rotatable bonds is 4. The monoisotopic (exact) mass is 219 g/mol. The lowest BCUT2D eigenvalue weighted by Gasteiger charge is -2.18. The minimum atomic E-state index is 0.213. The van der Waals surface area contributed by atoms with E-state index in [-0.39, 0.29) is 5.78 Å². The third kappa shape index (κ3) is 3.46. The molecule has 0 aromatic heterocycles. The van der Waals surface area contributed by atoms with E-state index < -0.39 is 0 Å². The average molecular weight is 219 g/mol. The van der Waals surface area contributed by atoms with E-state index in [2.05, 4.69) is 37.8 Å². The van der Waals surface area contributed by atoms with Crippen LogP contribution in [-0.2, 0) is 11.3 Å². The van der Waals surface area contributed by atoms with Gasteiger partial charge in [-0.05, 0) is 51.4 Å². The number of benzene rings is 1. The van der Waals surface area contributed by atoms with Gasteiger partial charge in [0, 0.05) is 6.54 Å². The molecular weight excluding hydrogens is 198 g/mol. The summed E-state index contributed by atoms with van der Waals surface area (Å²) in [4.78, 5) is 13.1. The Morgan fingerprint density at radius 1 is 1.19 bits per heavy atom. The Bertz CT molecular complexity index is 373. The van der Waals surface area contributed by atoms with Gasteiger partial charge in [-0.15, -0.1) is 0 Å². The molecule has 16 heavy (non-hydrogen) atoms. The van der Waals surface area contributed by atoms with Gasteiger partial charge >= 0.3 is 0 Å². The number of aryl methyl sites for hydroxylation is 3. The molecule has 0 fully saturated rings. The van der Waals surface area contributed by atoms with Crippen LogP contribution in [-0.4, -0.2) is 24.3 Å². The Balaban J connectivity index is 2.85. The largest absolute Gasteiger partial charge is 0.299 e. The van der Waals surface area contributed by atoms with Gasteiger partial charge in [0.15, 0.2) is 0 Å². The highest BCUT2D eigenvalue weighted by molar-refractivity contribution is 5.77. The molecule has 0 radical (unpaired) electrons. The van der Waals surface area contributed by atoms with Crippen LogP contribution in [0.2, 0.25) is 0 Å². The van der Waals surface area contributed by atoms with Gasteiger partial charge in [-0.2, -0.15) is 0 Å². The van der Waals surface area contributed by atoms with Gasteiger partial charge in [-0.25, -0.2) is 0 Å². The number of nitrogens with zero attached hydrogens (tertiary/aromatic N) is 1. The molecular formula is C14H21NO. The molecule has 0 saturated heterocycles. The molecule has 0 aliphatic carbocycles. The fraction of sp³-hybridized carbons (Fsp3) is 0.500. The van der Waals surface area contributed by atoms with Crippen molar-refractivity contribution in [3.05, 3.63) is 34.4 Å². The van der Waals surface area contributed by atoms with E-state index in [0.717, 1.165) is 6.54 Å². The first-order valence-corrected chi connectivity index (χ1v) is 5.65. The summed E-state index contributed by atoms with van der Waals surface area (Å²) in [6.45, 7) is 9.38. The predicted molar refractivity (Wildman–Crippen MR) is 67.7 cm³/mol. The van der Waals surface area contributed by atoms with Crippen molar-refractivity contribution in [1.82, 2.24) is 4.90 Å². The van der Waals surface area contributed by atoms with Crippen molar-refractivity contribution >= 4 is 5.78 Å². The second kappa shape index (κ2) is 5.26. The van der Waals surface area contributed by atoms with Crippen molar-refractivity contribution in [1.29, 1.82) is 0 Å². The van der Waals surface area contributed by atoms with E-state index in [1.54, 1.807) is 6.92 Å². The summed E-state index contributed by atoms with van der Waals surface area (Å²) in [5, 5.41) is 0. The molecule has 0 saturated carbocycles. The van der Waals surface area contributed by atoms with Crippen molar-refractivity contribution in [2.75, 3.05) is 13.6 Å². The maximum atomic E-state index is 11.0. The minimum absolute atomic E-state index is 0.213. The summed E-state index contributed by atoms with van der Waals surface area (Å²) in [6, 6.07) is 4.40. The number of Topliss-reactive ketones (excluding diaryl/α,β-unsaturated/α-hetero) is 1. The highest BCUT2D eigenvalue weighted by atomic mass is 16.1. The fourth-order valence-corrected chi connectivity index (χ4v) is 2.17. The molecule has 0 spiro atoms. The third-order valence-corrected chi connectivity index (χ3v) is 2.76. The van der Waals surface area contributed by atoms with E-state index in [1.165, 1.54) is 22.3 Å². The molecule has 2 nitrogen and oxygen atoms in total. The minimum Gasteiger partial charge on any atom is -0.299 e. The molecule has 0 N–H and O–H groups in total. The molecule has 0 bridgehead atoms. The zero-order chi connectivity index (χ0) is 12.3. The molecule has 0 unspecified atom stereocenters. The van der Waals surface area contributed by atoms with Crippen LogP contribution < -0.4 is 0 Å². The Morgan fingerprint density at radius 3 is 2.12 bits per heavy atom.